The standard InChI is InChI=1S/C22H24N2O6S2/c25-18-12-30-19-9-4-10-22(18,19)24-20(26)16(23-21(27)17-8-5-11-31-17)14-32(28,29)13-15-6-2-1-3-7-15/h1-3,5-8,11,16,19H,4,9-10,12-14H2,(H,23,27)(H,24,26). The summed E-state index contributed by atoms with van der Waals surface area (Å²) < 4.78 is 31.3. The van der Waals surface area contributed by atoms with Gasteiger partial charge in [0.15, 0.2) is 15.6 Å². The summed E-state index contributed by atoms with van der Waals surface area (Å²) in [6, 6.07) is 10.6. The number of fused-ring (bicyclic) bond motifs is 1. The molecule has 2 amide bonds. The molecule has 2 heterocycles. The second-order valence-corrected chi connectivity index (χ2v) is 11.2. The van der Waals surface area contributed by atoms with Crippen LogP contribution in [0.3, 0.4) is 0 Å². The number of thiophene rings is 1. The lowest BCUT2D eigenvalue weighted by molar-refractivity contribution is -0.130. The molecular formula is C22H24N2O6S2. The van der Waals surface area contributed by atoms with Crippen LogP contribution in [0.4, 0.5) is 0 Å². The fourth-order valence-corrected chi connectivity index (χ4v) is 6.49. The van der Waals surface area contributed by atoms with Crippen LogP contribution in [0.5, 0.6) is 0 Å². The summed E-state index contributed by atoms with van der Waals surface area (Å²) in [6.45, 7) is -0.0799. The Kier molecular flexibility index (Phi) is 6.45. The fourth-order valence-electron chi connectivity index (χ4n) is 4.30. The van der Waals surface area contributed by atoms with Crippen LogP contribution in [0, 0.1) is 0 Å². The fraction of sp³-hybridized carbons (Fsp3) is 0.409. The monoisotopic (exact) mass is 476 g/mol. The van der Waals surface area contributed by atoms with Crippen molar-refractivity contribution in [2.75, 3.05) is 12.4 Å². The van der Waals surface area contributed by atoms with E-state index in [1.165, 1.54) is 11.3 Å². The average Bonchev–Trinajstić information content (AvgIpc) is 3.47. The predicted molar refractivity (Wildman–Crippen MR) is 119 cm³/mol. The lowest BCUT2D eigenvalue weighted by Crippen LogP contribution is -2.61. The highest BCUT2D eigenvalue weighted by Gasteiger charge is 2.55. The third-order valence-corrected chi connectivity index (χ3v) is 8.35. The van der Waals surface area contributed by atoms with Crippen molar-refractivity contribution in [3.8, 4) is 0 Å². The zero-order valence-electron chi connectivity index (χ0n) is 17.3. The maximum absolute atomic E-state index is 13.2. The van der Waals surface area contributed by atoms with E-state index in [1.807, 2.05) is 0 Å². The number of rotatable bonds is 8. The molecule has 2 aromatic rings. The molecular weight excluding hydrogens is 452 g/mol. The molecule has 3 unspecified atom stereocenters. The van der Waals surface area contributed by atoms with Crippen molar-refractivity contribution in [3.05, 3.63) is 58.3 Å². The van der Waals surface area contributed by atoms with Gasteiger partial charge in [-0.15, -0.1) is 11.3 Å². The van der Waals surface area contributed by atoms with Crippen molar-refractivity contribution in [2.24, 2.45) is 0 Å². The minimum absolute atomic E-state index is 0.0799. The van der Waals surface area contributed by atoms with Gasteiger partial charge in [-0.3, -0.25) is 14.4 Å². The number of Topliss-reactive ketones (excluding diaryl/α,β-unsaturated/α-hetero) is 1. The molecule has 1 aliphatic carbocycles. The Labute approximate surface area is 190 Å². The quantitative estimate of drug-likeness (QED) is 0.596. The van der Waals surface area contributed by atoms with Gasteiger partial charge in [0.25, 0.3) is 5.91 Å². The molecule has 32 heavy (non-hydrogen) atoms. The number of ether oxygens (including phenoxy) is 1. The number of hydrogen-bond acceptors (Lipinski definition) is 7. The minimum Gasteiger partial charge on any atom is -0.367 e. The number of benzene rings is 1. The van der Waals surface area contributed by atoms with Gasteiger partial charge in [-0.25, -0.2) is 8.42 Å². The van der Waals surface area contributed by atoms with E-state index in [0.29, 0.717) is 23.3 Å². The molecule has 1 saturated carbocycles. The molecule has 0 bridgehead atoms. The van der Waals surface area contributed by atoms with Gasteiger partial charge >= 0.3 is 0 Å². The van der Waals surface area contributed by atoms with E-state index < -0.39 is 45.1 Å². The first-order valence-electron chi connectivity index (χ1n) is 10.3. The van der Waals surface area contributed by atoms with E-state index in [0.717, 1.165) is 6.42 Å². The van der Waals surface area contributed by atoms with E-state index in [9.17, 15) is 22.8 Å². The summed E-state index contributed by atoms with van der Waals surface area (Å²) in [4.78, 5) is 38.7. The number of nitrogens with one attached hydrogen (secondary N) is 2. The molecule has 1 aliphatic heterocycles. The van der Waals surface area contributed by atoms with Gasteiger partial charge in [-0.05, 0) is 36.3 Å². The maximum Gasteiger partial charge on any atom is 0.262 e. The molecule has 1 aromatic heterocycles. The molecule has 1 saturated heterocycles. The second kappa shape index (κ2) is 9.13. The van der Waals surface area contributed by atoms with Crippen LogP contribution >= 0.6 is 11.3 Å². The highest BCUT2D eigenvalue weighted by atomic mass is 32.2. The van der Waals surface area contributed by atoms with Crippen molar-refractivity contribution in [3.63, 3.8) is 0 Å². The molecule has 4 rings (SSSR count). The van der Waals surface area contributed by atoms with E-state index >= 15 is 0 Å². The van der Waals surface area contributed by atoms with Crippen molar-refractivity contribution in [2.45, 2.75) is 42.7 Å². The zero-order valence-corrected chi connectivity index (χ0v) is 18.9. The first-order valence-corrected chi connectivity index (χ1v) is 13.0. The minimum atomic E-state index is -3.75. The number of amides is 2. The molecule has 2 N–H and O–H groups in total. The molecule has 3 atom stereocenters. The van der Waals surface area contributed by atoms with E-state index in [1.54, 1.807) is 47.8 Å². The van der Waals surface area contributed by atoms with E-state index in [-0.39, 0.29) is 18.1 Å². The van der Waals surface area contributed by atoms with Crippen LogP contribution in [0.2, 0.25) is 0 Å². The normalized spacial score (nSPS) is 23.5. The SMILES string of the molecule is O=C(NC(CS(=O)(=O)Cc1ccccc1)C(=O)NC12CCCC1OCC2=O)c1cccs1. The predicted octanol–water partition coefficient (Wildman–Crippen LogP) is 1.47. The lowest BCUT2D eigenvalue weighted by Gasteiger charge is -2.30. The zero-order chi connectivity index (χ0) is 22.8. The lowest BCUT2D eigenvalue weighted by atomic mass is 9.92. The Bertz CT molecular complexity index is 1100. The first kappa shape index (κ1) is 22.6. The Balaban J connectivity index is 1.55. The van der Waals surface area contributed by atoms with Gasteiger partial charge in [-0.1, -0.05) is 36.4 Å². The van der Waals surface area contributed by atoms with Crippen molar-refractivity contribution in [1.82, 2.24) is 10.6 Å². The van der Waals surface area contributed by atoms with Crippen LogP contribution in [0.25, 0.3) is 0 Å². The van der Waals surface area contributed by atoms with Crippen LogP contribution < -0.4 is 10.6 Å². The van der Waals surface area contributed by atoms with Crippen LogP contribution in [-0.4, -0.2) is 56.1 Å². The highest BCUT2D eigenvalue weighted by Crippen LogP contribution is 2.37. The highest BCUT2D eigenvalue weighted by molar-refractivity contribution is 7.90. The number of sulfone groups is 1. The average molecular weight is 477 g/mol. The van der Waals surface area contributed by atoms with Crippen molar-refractivity contribution >= 4 is 38.8 Å². The first-order chi connectivity index (χ1) is 15.3. The number of ketones is 1. The van der Waals surface area contributed by atoms with Crippen LogP contribution in [-0.2, 0) is 29.9 Å². The van der Waals surface area contributed by atoms with Crippen LogP contribution in [0.1, 0.15) is 34.5 Å². The molecule has 10 heteroatoms. The van der Waals surface area contributed by atoms with E-state index in [4.69, 9.17) is 4.74 Å². The Morgan fingerprint density at radius 1 is 1.19 bits per heavy atom. The molecule has 170 valence electrons. The Morgan fingerprint density at radius 3 is 2.69 bits per heavy atom. The van der Waals surface area contributed by atoms with Gasteiger partial charge in [0, 0.05) is 0 Å². The topological polar surface area (TPSA) is 119 Å². The summed E-state index contributed by atoms with van der Waals surface area (Å²) in [5, 5.41) is 7.02. The number of hydrogen-bond donors (Lipinski definition) is 2. The molecule has 2 aliphatic rings. The molecule has 0 spiro atoms. The molecule has 0 radical (unpaired) electrons. The summed E-state index contributed by atoms with van der Waals surface area (Å²) >= 11 is 1.19. The number of carbonyl (C=O) groups excluding carboxylic acids is 3. The van der Waals surface area contributed by atoms with Crippen molar-refractivity contribution in [1.29, 1.82) is 0 Å². The third-order valence-electron chi connectivity index (χ3n) is 5.86. The summed E-state index contributed by atoms with van der Waals surface area (Å²) in [5.74, 6) is -2.30. The maximum atomic E-state index is 13.2. The Hall–Kier alpha value is -2.56. The largest absolute Gasteiger partial charge is 0.367 e. The van der Waals surface area contributed by atoms with E-state index in [2.05, 4.69) is 10.6 Å². The molecule has 2 fully saturated rings. The van der Waals surface area contributed by atoms with Gasteiger partial charge in [0.2, 0.25) is 5.91 Å². The van der Waals surface area contributed by atoms with Crippen LogP contribution in [0.15, 0.2) is 47.8 Å². The van der Waals surface area contributed by atoms with Gasteiger partial charge in [0.1, 0.15) is 18.2 Å². The van der Waals surface area contributed by atoms with Crippen molar-refractivity contribution < 1.29 is 27.5 Å². The molecule has 8 nitrogen and oxygen atoms in total. The number of carbonyl (C=O) groups is 3. The van der Waals surface area contributed by atoms with Gasteiger partial charge in [-0.2, -0.15) is 0 Å². The Morgan fingerprint density at radius 2 is 1.97 bits per heavy atom. The summed E-state index contributed by atoms with van der Waals surface area (Å²) in [5.41, 5.74) is -0.559. The second-order valence-electron chi connectivity index (χ2n) is 8.12. The smallest absolute Gasteiger partial charge is 0.262 e. The summed E-state index contributed by atoms with van der Waals surface area (Å²) in [6.07, 6.45) is 1.37. The molecule has 1 aromatic carbocycles. The summed E-state index contributed by atoms with van der Waals surface area (Å²) in [7, 11) is -3.75. The van der Waals surface area contributed by atoms with Gasteiger partial charge < -0.3 is 15.4 Å². The van der Waals surface area contributed by atoms with Gasteiger partial charge in [0.05, 0.1) is 22.5 Å². The third kappa shape index (κ3) is 4.77.